The molecule has 0 saturated heterocycles. The zero-order valence-corrected chi connectivity index (χ0v) is 12.0. The normalized spacial score (nSPS) is 16.8. The topological polar surface area (TPSA) is 61.7 Å². The van der Waals surface area contributed by atoms with Crippen molar-refractivity contribution < 1.29 is 9.90 Å². The summed E-state index contributed by atoms with van der Waals surface area (Å²) in [7, 11) is 0. The van der Waals surface area contributed by atoms with Crippen molar-refractivity contribution >= 4 is 34.3 Å². The number of amidine groups is 1. The van der Waals surface area contributed by atoms with Gasteiger partial charge in [0.25, 0.3) is 0 Å². The summed E-state index contributed by atoms with van der Waals surface area (Å²) in [5.74, 6) is -0.803. The van der Waals surface area contributed by atoms with Gasteiger partial charge in [-0.25, -0.2) is 4.99 Å². The second kappa shape index (κ2) is 6.01. The third-order valence-electron chi connectivity index (χ3n) is 3.14. The van der Waals surface area contributed by atoms with Gasteiger partial charge in [0, 0.05) is 10.9 Å². The number of hydrogen-bond donors (Lipinski definition) is 2. The van der Waals surface area contributed by atoms with E-state index in [1.54, 1.807) is 0 Å². The van der Waals surface area contributed by atoms with Gasteiger partial charge in [0.05, 0.1) is 12.1 Å². The fourth-order valence-corrected chi connectivity index (χ4v) is 3.36. The molecule has 0 aliphatic carbocycles. The molecule has 0 radical (unpaired) electrons. The average Bonchev–Trinajstić information content (AvgIpc) is 2.48. The van der Waals surface area contributed by atoms with E-state index in [2.05, 4.69) is 10.3 Å². The summed E-state index contributed by atoms with van der Waals surface area (Å²) in [6.45, 7) is 0. The van der Waals surface area contributed by atoms with E-state index < -0.39 is 5.97 Å². The van der Waals surface area contributed by atoms with Gasteiger partial charge in [-0.3, -0.25) is 4.79 Å². The summed E-state index contributed by atoms with van der Waals surface area (Å²) in [4.78, 5) is 15.6. The summed E-state index contributed by atoms with van der Waals surface area (Å²) < 4.78 is 0. The van der Waals surface area contributed by atoms with E-state index in [0.29, 0.717) is 0 Å². The molecule has 1 unspecified atom stereocenters. The molecule has 1 aliphatic heterocycles. The Hall–Kier alpha value is -2.27. The number of fused-ring (bicyclic) bond motifs is 1. The number of aliphatic imine (C=N–C) groups is 1. The Labute approximate surface area is 126 Å². The van der Waals surface area contributed by atoms with Crippen molar-refractivity contribution in [1.82, 2.24) is 0 Å². The summed E-state index contributed by atoms with van der Waals surface area (Å²) in [6, 6.07) is 17.4. The van der Waals surface area contributed by atoms with E-state index in [1.807, 2.05) is 54.6 Å². The highest BCUT2D eigenvalue weighted by Crippen LogP contribution is 2.42. The molecule has 2 aromatic carbocycles. The minimum atomic E-state index is -0.803. The minimum Gasteiger partial charge on any atom is -0.481 e. The van der Waals surface area contributed by atoms with E-state index in [4.69, 9.17) is 5.11 Å². The zero-order chi connectivity index (χ0) is 14.7. The first-order valence-corrected chi connectivity index (χ1v) is 7.48. The molecule has 0 spiro atoms. The van der Waals surface area contributed by atoms with Gasteiger partial charge in [-0.15, -0.1) is 0 Å². The molecule has 1 heterocycles. The molecule has 2 N–H and O–H groups in total. The number of anilines is 1. The highest BCUT2D eigenvalue weighted by Gasteiger charge is 2.25. The van der Waals surface area contributed by atoms with E-state index in [-0.39, 0.29) is 11.7 Å². The highest BCUT2D eigenvalue weighted by atomic mass is 32.2. The third kappa shape index (κ3) is 3.25. The van der Waals surface area contributed by atoms with Crippen molar-refractivity contribution in [2.75, 3.05) is 5.32 Å². The Bertz CT molecular complexity index is 686. The molecular formula is C16H14N2O2S. The van der Waals surface area contributed by atoms with Crippen molar-refractivity contribution in [3.63, 3.8) is 0 Å². The molecular weight excluding hydrogens is 284 g/mol. The van der Waals surface area contributed by atoms with E-state index >= 15 is 0 Å². The van der Waals surface area contributed by atoms with Crippen LogP contribution in [0.3, 0.4) is 0 Å². The van der Waals surface area contributed by atoms with Crippen LogP contribution in [0.2, 0.25) is 0 Å². The van der Waals surface area contributed by atoms with Gasteiger partial charge in [0.1, 0.15) is 0 Å². The average molecular weight is 298 g/mol. The van der Waals surface area contributed by atoms with Crippen LogP contribution in [-0.2, 0) is 4.79 Å². The molecule has 3 rings (SSSR count). The Morgan fingerprint density at radius 3 is 2.62 bits per heavy atom. The van der Waals surface area contributed by atoms with Crippen molar-refractivity contribution in [2.24, 2.45) is 4.99 Å². The van der Waals surface area contributed by atoms with Crippen LogP contribution < -0.4 is 5.32 Å². The van der Waals surface area contributed by atoms with Crippen LogP contribution in [0.4, 0.5) is 11.4 Å². The first kappa shape index (κ1) is 13.7. The SMILES string of the molecule is O=C(O)CC1SC(Nc2ccccc2)=Nc2ccccc21. The summed E-state index contributed by atoms with van der Waals surface area (Å²) >= 11 is 1.46. The van der Waals surface area contributed by atoms with Crippen LogP contribution in [0, 0.1) is 0 Å². The number of para-hydroxylation sites is 2. The molecule has 1 atom stereocenters. The lowest BCUT2D eigenvalue weighted by molar-refractivity contribution is -0.137. The van der Waals surface area contributed by atoms with Gasteiger partial charge in [-0.05, 0) is 23.8 Å². The van der Waals surface area contributed by atoms with E-state index in [1.165, 1.54) is 11.8 Å². The molecule has 0 amide bonds. The lowest BCUT2D eigenvalue weighted by Gasteiger charge is -2.23. The predicted octanol–water partition coefficient (Wildman–Crippen LogP) is 4.05. The Kier molecular flexibility index (Phi) is 3.92. The van der Waals surface area contributed by atoms with Crippen LogP contribution in [0.1, 0.15) is 17.2 Å². The molecule has 2 aromatic rings. The molecule has 106 valence electrons. The maximum Gasteiger partial charge on any atom is 0.304 e. The maximum absolute atomic E-state index is 11.1. The second-order valence-electron chi connectivity index (χ2n) is 4.67. The van der Waals surface area contributed by atoms with Gasteiger partial charge in [0.15, 0.2) is 5.17 Å². The van der Waals surface area contributed by atoms with Crippen LogP contribution in [0.5, 0.6) is 0 Å². The first-order valence-electron chi connectivity index (χ1n) is 6.60. The second-order valence-corrected chi connectivity index (χ2v) is 5.86. The molecule has 0 bridgehead atoms. The third-order valence-corrected chi connectivity index (χ3v) is 4.27. The quantitative estimate of drug-likeness (QED) is 0.897. The van der Waals surface area contributed by atoms with E-state index in [9.17, 15) is 4.79 Å². The predicted molar refractivity (Wildman–Crippen MR) is 86.2 cm³/mol. The number of carbonyl (C=O) groups is 1. The Morgan fingerprint density at radius 2 is 1.86 bits per heavy atom. The van der Waals surface area contributed by atoms with Crippen molar-refractivity contribution in [3.8, 4) is 0 Å². The number of carboxylic acids is 1. The number of carboxylic acid groups (broad SMARTS) is 1. The van der Waals surface area contributed by atoms with Crippen LogP contribution in [0.25, 0.3) is 0 Å². The highest BCUT2D eigenvalue weighted by molar-refractivity contribution is 8.14. The van der Waals surface area contributed by atoms with E-state index in [0.717, 1.165) is 22.1 Å². The Morgan fingerprint density at radius 1 is 1.14 bits per heavy atom. The number of hydrogen-bond acceptors (Lipinski definition) is 4. The molecule has 4 nitrogen and oxygen atoms in total. The van der Waals surface area contributed by atoms with Crippen molar-refractivity contribution in [3.05, 3.63) is 60.2 Å². The largest absolute Gasteiger partial charge is 0.481 e. The standard InChI is InChI=1S/C16H14N2O2S/c19-15(20)10-14-12-8-4-5-9-13(12)18-16(21-14)17-11-6-2-1-3-7-11/h1-9,14H,10H2,(H,17,18)(H,19,20). The summed E-state index contributed by atoms with van der Waals surface area (Å²) in [6.07, 6.45) is 0.0805. The molecule has 1 aliphatic rings. The van der Waals surface area contributed by atoms with Gasteiger partial charge < -0.3 is 10.4 Å². The molecule has 0 aromatic heterocycles. The van der Waals surface area contributed by atoms with Crippen LogP contribution in [-0.4, -0.2) is 16.2 Å². The van der Waals surface area contributed by atoms with Crippen LogP contribution >= 0.6 is 11.8 Å². The van der Waals surface area contributed by atoms with Gasteiger partial charge in [0.2, 0.25) is 0 Å². The number of thioether (sulfide) groups is 1. The molecule has 21 heavy (non-hydrogen) atoms. The smallest absolute Gasteiger partial charge is 0.304 e. The number of rotatable bonds is 3. The first-order chi connectivity index (χ1) is 10.2. The van der Waals surface area contributed by atoms with Gasteiger partial charge >= 0.3 is 5.97 Å². The van der Waals surface area contributed by atoms with Gasteiger partial charge in [-0.2, -0.15) is 0 Å². The fourth-order valence-electron chi connectivity index (χ4n) is 2.21. The molecule has 0 fully saturated rings. The lowest BCUT2D eigenvalue weighted by atomic mass is 10.1. The number of benzene rings is 2. The summed E-state index contributed by atoms with van der Waals surface area (Å²) in [5.41, 5.74) is 2.75. The zero-order valence-electron chi connectivity index (χ0n) is 11.2. The molecule has 0 saturated carbocycles. The Balaban J connectivity index is 1.89. The number of aliphatic carboxylic acids is 1. The van der Waals surface area contributed by atoms with Crippen molar-refractivity contribution in [2.45, 2.75) is 11.7 Å². The van der Waals surface area contributed by atoms with Crippen LogP contribution in [0.15, 0.2) is 59.6 Å². The summed E-state index contributed by atoms with van der Waals surface area (Å²) in [5, 5.41) is 12.9. The minimum absolute atomic E-state index is 0.0805. The fraction of sp³-hybridized carbons (Fsp3) is 0.125. The maximum atomic E-state index is 11.1. The number of nitrogens with one attached hydrogen (secondary N) is 1. The van der Waals surface area contributed by atoms with Crippen molar-refractivity contribution in [1.29, 1.82) is 0 Å². The lowest BCUT2D eigenvalue weighted by Crippen LogP contribution is -2.15. The van der Waals surface area contributed by atoms with Gasteiger partial charge in [-0.1, -0.05) is 48.2 Å². The number of nitrogens with zero attached hydrogens (tertiary/aromatic N) is 1. The molecule has 5 heteroatoms. The monoisotopic (exact) mass is 298 g/mol.